The van der Waals surface area contributed by atoms with Gasteiger partial charge < -0.3 is 4.74 Å². The number of aromatic nitrogens is 1. The van der Waals surface area contributed by atoms with Crippen LogP contribution in [0.15, 0.2) is 28.1 Å². The molecule has 0 radical (unpaired) electrons. The van der Waals surface area contributed by atoms with Gasteiger partial charge >= 0.3 is 0 Å². The van der Waals surface area contributed by atoms with Gasteiger partial charge in [-0.3, -0.25) is 0 Å². The van der Waals surface area contributed by atoms with Crippen LogP contribution in [0.5, 0.6) is 5.75 Å². The first-order chi connectivity index (χ1) is 8.24. The van der Waals surface area contributed by atoms with Gasteiger partial charge in [0, 0.05) is 5.56 Å². The Morgan fingerprint density at radius 2 is 2.35 bits per heavy atom. The molecule has 0 spiro atoms. The Bertz CT molecular complexity index is 574. The van der Waals surface area contributed by atoms with Gasteiger partial charge in [-0.05, 0) is 35.0 Å². The van der Waals surface area contributed by atoms with E-state index >= 15 is 0 Å². The molecule has 2 rings (SSSR count). The summed E-state index contributed by atoms with van der Waals surface area (Å²) in [4.78, 5) is 4.25. The zero-order valence-electron chi connectivity index (χ0n) is 9.11. The number of rotatable bonds is 3. The van der Waals surface area contributed by atoms with Gasteiger partial charge in [0.1, 0.15) is 20.6 Å². The molecule has 1 aromatic heterocycles. The van der Waals surface area contributed by atoms with E-state index in [0.29, 0.717) is 12.3 Å². The zero-order chi connectivity index (χ0) is 12.3. The molecular weight excluding hydrogens is 300 g/mol. The molecular formula is C12H9BrN2OS. The number of thiazole rings is 1. The van der Waals surface area contributed by atoms with Crippen LogP contribution < -0.4 is 4.74 Å². The molecule has 1 aromatic carbocycles. The Hall–Kier alpha value is -1.38. The molecule has 0 bridgehead atoms. The first-order valence-electron chi connectivity index (χ1n) is 5.04. The van der Waals surface area contributed by atoms with Crippen LogP contribution in [0.3, 0.4) is 0 Å². The Balaban J connectivity index is 2.39. The average Bonchev–Trinajstić information content (AvgIpc) is 2.71. The fourth-order valence-corrected chi connectivity index (χ4v) is 2.76. The smallest absolute Gasteiger partial charge is 0.166 e. The number of nitrogens with zero attached hydrogens (tertiary/aromatic N) is 2. The van der Waals surface area contributed by atoms with Crippen molar-refractivity contribution in [2.24, 2.45) is 0 Å². The maximum Gasteiger partial charge on any atom is 0.166 e. The second-order valence-electron chi connectivity index (χ2n) is 3.21. The van der Waals surface area contributed by atoms with Crippen LogP contribution in [0, 0.1) is 11.3 Å². The van der Waals surface area contributed by atoms with Gasteiger partial charge in [0.25, 0.3) is 0 Å². The topological polar surface area (TPSA) is 45.9 Å². The Morgan fingerprint density at radius 1 is 1.53 bits per heavy atom. The number of benzene rings is 1. The minimum absolute atomic E-state index is 0.423. The molecule has 1 heterocycles. The van der Waals surface area contributed by atoms with Crippen molar-refractivity contribution < 1.29 is 4.74 Å². The Kier molecular flexibility index (Phi) is 3.77. The minimum atomic E-state index is 0.423. The lowest BCUT2D eigenvalue weighted by Crippen LogP contribution is -1.91. The van der Waals surface area contributed by atoms with Crippen molar-refractivity contribution in [1.82, 2.24) is 4.98 Å². The SMILES string of the molecule is CCOc1cccc(-c2nc(C#N)c(Br)s2)c1. The van der Waals surface area contributed by atoms with Crippen molar-refractivity contribution in [3.8, 4) is 22.4 Å². The molecule has 3 nitrogen and oxygen atoms in total. The quantitative estimate of drug-likeness (QED) is 0.865. The second kappa shape index (κ2) is 5.30. The summed E-state index contributed by atoms with van der Waals surface area (Å²) in [6.07, 6.45) is 0. The lowest BCUT2D eigenvalue weighted by Gasteiger charge is -2.03. The van der Waals surface area contributed by atoms with Crippen molar-refractivity contribution in [3.63, 3.8) is 0 Å². The van der Waals surface area contributed by atoms with Crippen LogP contribution >= 0.6 is 27.3 Å². The first kappa shape index (κ1) is 12.1. The predicted octanol–water partition coefficient (Wildman–Crippen LogP) is 3.84. The Labute approximate surface area is 112 Å². The van der Waals surface area contributed by atoms with Gasteiger partial charge in [-0.2, -0.15) is 5.26 Å². The third-order valence-corrected chi connectivity index (χ3v) is 3.84. The van der Waals surface area contributed by atoms with Crippen LogP contribution in [0.1, 0.15) is 12.6 Å². The van der Waals surface area contributed by atoms with Crippen molar-refractivity contribution in [3.05, 3.63) is 33.7 Å². The number of ether oxygens (including phenoxy) is 1. The summed E-state index contributed by atoms with van der Waals surface area (Å²) in [6.45, 7) is 2.58. The van der Waals surface area contributed by atoms with Crippen LogP contribution in [0.25, 0.3) is 10.6 Å². The van der Waals surface area contributed by atoms with E-state index in [1.54, 1.807) is 0 Å². The van der Waals surface area contributed by atoms with Crippen molar-refractivity contribution in [1.29, 1.82) is 5.26 Å². The molecule has 2 aromatic rings. The third-order valence-electron chi connectivity index (χ3n) is 2.08. The minimum Gasteiger partial charge on any atom is -0.494 e. The van der Waals surface area contributed by atoms with E-state index in [0.717, 1.165) is 20.1 Å². The summed E-state index contributed by atoms with van der Waals surface area (Å²) in [6, 6.07) is 9.75. The van der Waals surface area contributed by atoms with Crippen molar-refractivity contribution in [2.45, 2.75) is 6.92 Å². The van der Waals surface area contributed by atoms with Crippen LogP contribution in [0.2, 0.25) is 0 Å². The highest BCUT2D eigenvalue weighted by molar-refractivity contribution is 9.11. The molecule has 0 aliphatic rings. The monoisotopic (exact) mass is 308 g/mol. The van der Waals surface area contributed by atoms with Gasteiger partial charge in [-0.15, -0.1) is 11.3 Å². The number of hydrogen-bond acceptors (Lipinski definition) is 4. The first-order valence-corrected chi connectivity index (χ1v) is 6.65. The van der Waals surface area contributed by atoms with Crippen LogP contribution in [-0.4, -0.2) is 11.6 Å². The van der Waals surface area contributed by atoms with E-state index in [1.165, 1.54) is 11.3 Å². The molecule has 5 heteroatoms. The van der Waals surface area contributed by atoms with Gasteiger partial charge in [-0.1, -0.05) is 12.1 Å². The van der Waals surface area contributed by atoms with Crippen LogP contribution in [-0.2, 0) is 0 Å². The van der Waals surface area contributed by atoms with Gasteiger partial charge in [-0.25, -0.2) is 4.98 Å². The highest BCUT2D eigenvalue weighted by Crippen LogP contribution is 2.32. The molecule has 0 atom stereocenters. The van der Waals surface area contributed by atoms with E-state index in [9.17, 15) is 0 Å². The third kappa shape index (κ3) is 2.65. The van der Waals surface area contributed by atoms with Gasteiger partial charge in [0.05, 0.1) is 6.61 Å². The molecule has 86 valence electrons. The van der Waals surface area contributed by atoms with Gasteiger partial charge in [0.2, 0.25) is 0 Å². The summed E-state index contributed by atoms with van der Waals surface area (Å²) < 4.78 is 6.19. The lowest BCUT2D eigenvalue weighted by molar-refractivity contribution is 0.340. The number of nitriles is 1. The normalized spacial score (nSPS) is 9.94. The standard InChI is InChI=1S/C12H9BrN2OS/c1-2-16-9-5-3-4-8(6-9)12-15-10(7-14)11(13)17-12/h3-6H,2H2,1H3. The maximum atomic E-state index is 8.86. The summed E-state index contributed by atoms with van der Waals surface area (Å²) in [5, 5.41) is 9.67. The van der Waals surface area contributed by atoms with Crippen molar-refractivity contribution >= 4 is 27.3 Å². The highest BCUT2D eigenvalue weighted by atomic mass is 79.9. The largest absolute Gasteiger partial charge is 0.494 e. The Morgan fingerprint density at radius 3 is 3.00 bits per heavy atom. The molecule has 0 fully saturated rings. The fourth-order valence-electron chi connectivity index (χ4n) is 1.38. The van der Waals surface area contributed by atoms with E-state index in [4.69, 9.17) is 10.00 Å². The molecule has 0 aliphatic carbocycles. The fraction of sp³-hybridized carbons (Fsp3) is 0.167. The van der Waals surface area contributed by atoms with E-state index in [1.807, 2.05) is 37.3 Å². The molecule has 0 aliphatic heterocycles. The molecule has 17 heavy (non-hydrogen) atoms. The molecule has 0 unspecified atom stereocenters. The zero-order valence-corrected chi connectivity index (χ0v) is 11.5. The molecule has 0 saturated heterocycles. The predicted molar refractivity (Wildman–Crippen MR) is 71.1 cm³/mol. The molecule has 0 saturated carbocycles. The second-order valence-corrected chi connectivity index (χ2v) is 5.53. The lowest BCUT2D eigenvalue weighted by atomic mass is 10.2. The highest BCUT2D eigenvalue weighted by Gasteiger charge is 2.10. The molecule has 0 amide bonds. The summed E-state index contributed by atoms with van der Waals surface area (Å²) in [7, 11) is 0. The summed E-state index contributed by atoms with van der Waals surface area (Å²) >= 11 is 4.77. The van der Waals surface area contributed by atoms with Crippen LogP contribution in [0.4, 0.5) is 0 Å². The summed E-state index contributed by atoms with van der Waals surface area (Å²) in [5.41, 5.74) is 1.38. The van der Waals surface area contributed by atoms with E-state index in [-0.39, 0.29) is 0 Å². The summed E-state index contributed by atoms with van der Waals surface area (Å²) in [5.74, 6) is 0.815. The average molecular weight is 309 g/mol. The molecule has 0 N–H and O–H groups in total. The van der Waals surface area contributed by atoms with Gasteiger partial charge in [0.15, 0.2) is 5.69 Å². The van der Waals surface area contributed by atoms with E-state index < -0.39 is 0 Å². The number of hydrogen-bond donors (Lipinski definition) is 0. The van der Waals surface area contributed by atoms with E-state index in [2.05, 4.69) is 20.9 Å². The van der Waals surface area contributed by atoms with Crippen molar-refractivity contribution in [2.75, 3.05) is 6.61 Å². The number of halogens is 1. The maximum absolute atomic E-state index is 8.86.